The van der Waals surface area contributed by atoms with Crippen LogP contribution in [-0.4, -0.2) is 22.0 Å². The van der Waals surface area contributed by atoms with Crippen molar-refractivity contribution < 1.29 is 17.9 Å². The van der Waals surface area contributed by atoms with Crippen LogP contribution < -0.4 is 4.74 Å². The fourth-order valence-corrected chi connectivity index (χ4v) is 3.30. The summed E-state index contributed by atoms with van der Waals surface area (Å²) in [7, 11) is 0. The first-order valence-electron chi connectivity index (χ1n) is 8.47. The van der Waals surface area contributed by atoms with Gasteiger partial charge in [0.1, 0.15) is 17.5 Å². The van der Waals surface area contributed by atoms with E-state index in [4.69, 9.17) is 10.00 Å². The van der Waals surface area contributed by atoms with Crippen LogP contribution >= 0.6 is 0 Å². The maximum absolute atomic E-state index is 13.3. The highest BCUT2D eigenvalue weighted by Gasteiger charge is 2.33. The quantitative estimate of drug-likeness (QED) is 0.852. The lowest BCUT2D eigenvalue weighted by molar-refractivity contribution is -0.137. The van der Waals surface area contributed by atoms with Crippen molar-refractivity contribution in [3.8, 4) is 23.1 Å². The van der Waals surface area contributed by atoms with E-state index in [-0.39, 0.29) is 28.1 Å². The van der Waals surface area contributed by atoms with Crippen molar-refractivity contribution in [2.75, 3.05) is 6.61 Å². The molecule has 1 fully saturated rings. The second kappa shape index (κ2) is 6.98. The summed E-state index contributed by atoms with van der Waals surface area (Å²) in [6, 6.07) is 5.23. The van der Waals surface area contributed by atoms with E-state index in [1.54, 1.807) is 0 Å². The standard InChI is InChI=1S/C18H19F3N4O/c1-17(5-3-2-4-6-17)11-26-14-8-12(7-13(9-14)18(19,20)21)16-15(10-22)23-25-24-16/h7-9H,2-6,11H2,1H3,(H,23,24,25). The summed E-state index contributed by atoms with van der Waals surface area (Å²) >= 11 is 0. The molecule has 3 rings (SSSR count). The number of nitrogens with zero attached hydrogens (tertiary/aromatic N) is 3. The molecule has 5 nitrogen and oxygen atoms in total. The second-order valence-electron chi connectivity index (χ2n) is 7.04. The molecule has 0 aliphatic heterocycles. The van der Waals surface area contributed by atoms with Gasteiger partial charge in [0.25, 0.3) is 0 Å². The van der Waals surface area contributed by atoms with Gasteiger partial charge in [0.05, 0.1) is 12.2 Å². The molecule has 8 heteroatoms. The number of hydrogen-bond donors (Lipinski definition) is 1. The van der Waals surface area contributed by atoms with Gasteiger partial charge in [0.2, 0.25) is 0 Å². The van der Waals surface area contributed by atoms with Crippen molar-refractivity contribution >= 4 is 0 Å². The second-order valence-corrected chi connectivity index (χ2v) is 7.04. The minimum absolute atomic E-state index is 0.0294. The van der Waals surface area contributed by atoms with Crippen molar-refractivity contribution in [1.82, 2.24) is 15.4 Å². The van der Waals surface area contributed by atoms with E-state index in [1.807, 2.05) is 6.07 Å². The van der Waals surface area contributed by atoms with Gasteiger partial charge in [-0.25, -0.2) is 0 Å². The zero-order valence-corrected chi connectivity index (χ0v) is 14.4. The number of halogens is 3. The highest BCUT2D eigenvalue weighted by molar-refractivity contribution is 5.67. The van der Waals surface area contributed by atoms with Crippen LogP contribution in [0.3, 0.4) is 0 Å². The van der Waals surface area contributed by atoms with Crippen molar-refractivity contribution in [3.63, 3.8) is 0 Å². The van der Waals surface area contributed by atoms with Crippen LogP contribution in [0.2, 0.25) is 0 Å². The van der Waals surface area contributed by atoms with Gasteiger partial charge >= 0.3 is 6.18 Å². The summed E-state index contributed by atoms with van der Waals surface area (Å²) in [4.78, 5) is 0. The lowest BCUT2D eigenvalue weighted by Crippen LogP contribution is -2.27. The number of ether oxygens (including phenoxy) is 1. The molecule has 0 saturated heterocycles. The molecule has 0 radical (unpaired) electrons. The molecule has 138 valence electrons. The molecule has 1 aliphatic carbocycles. The summed E-state index contributed by atoms with van der Waals surface area (Å²) in [5.41, 5.74) is -0.709. The Kier molecular flexibility index (Phi) is 4.90. The van der Waals surface area contributed by atoms with Gasteiger partial charge in [-0.2, -0.15) is 28.7 Å². The average molecular weight is 364 g/mol. The van der Waals surface area contributed by atoms with E-state index >= 15 is 0 Å². The minimum atomic E-state index is -4.53. The van der Waals surface area contributed by atoms with Crippen molar-refractivity contribution in [1.29, 1.82) is 5.26 Å². The van der Waals surface area contributed by atoms with Gasteiger partial charge in [-0.15, -0.1) is 5.10 Å². The van der Waals surface area contributed by atoms with Gasteiger partial charge in [-0.05, 0) is 31.0 Å². The van der Waals surface area contributed by atoms with E-state index in [0.717, 1.165) is 37.8 Å². The maximum atomic E-state index is 13.3. The lowest BCUT2D eigenvalue weighted by atomic mass is 9.76. The summed E-state index contributed by atoms with van der Waals surface area (Å²) in [6.07, 6.45) is 0.878. The SMILES string of the molecule is CC1(COc2cc(-c3n[nH]nc3C#N)cc(C(F)(F)F)c2)CCCCC1. The maximum Gasteiger partial charge on any atom is 0.416 e. The highest BCUT2D eigenvalue weighted by atomic mass is 19.4. The predicted octanol–water partition coefficient (Wildman–Crippen LogP) is 4.71. The number of H-pyrrole nitrogens is 1. The van der Waals surface area contributed by atoms with Crippen molar-refractivity contribution in [2.24, 2.45) is 5.41 Å². The van der Waals surface area contributed by atoms with E-state index in [0.29, 0.717) is 6.61 Å². The number of aromatic amines is 1. The molecule has 1 heterocycles. The molecule has 0 bridgehead atoms. The minimum Gasteiger partial charge on any atom is -0.493 e. The third-order valence-corrected chi connectivity index (χ3v) is 4.81. The largest absolute Gasteiger partial charge is 0.493 e. The molecule has 1 N–H and O–H groups in total. The van der Waals surface area contributed by atoms with Gasteiger partial charge < -0.3 is 4.74 Å². The number of benzene rings is 1. The number of rotatable bonds is 4. The molecule has 1 aliphatic rings. The summed E-state index contributed by atoms with van der Waals surface area (Å²) < 4.78 is 45.6. The first-order chi connectivity index (χ1) is 12.3. The Balaban J connectivity index is 1.92. The zero-order valence-electron chi connectivity index (χ0n) is 14.4. The molecular formula is C18H19F3N4O. The number of alkyl halides is 3. The number of nitrogens with one attached hydrogen (secondary N) is 1. The first kappa shape index (κ1) is 18.2. The molecule has 0 amide bonds. The number of aromatic nitrogens is 3. The van der Waals surface area contributed by atoms with Gasteiger partial charge in [-0.3, -0.25) is 0 Å². The third-order valence-electron chi connectivity index (χ3n) is 4.81. The Morgan fingerprint density at radius 3 is 2.58 bits per heavy atom. The molecule has 0 atom stereocenters. The topological polar surface area (TPSA) is 74.6 Å². The molecule has 2 aromatic rings. The van der Waals surface area contributed by atoms with Crippen LogP contribution in [0.5, 0.6) is 5.75 Å². The van der Waals surface area contributed by atoms with Crippen LogP contribution in [0, 0.1) is 16.7 Å². The number of nitriles is 1. The highest BCUT2D eigenvalue weighted by Crippen LogP contribution is 2.38. The molecule has 1 aromatic carbocycles. The van der Waals surface area contributed by atoms with E-state index in [9.17, 15) is 13.2 Å². The lowest BCUT2D eigenvalue weighted by Gasteiger charge is -2.33. The molecule has 0 spiro atoms. The molecule has 26 heavy (non-hydrogen) atoms. The fourth-order valence-electron chi connectivity index (χ4n) is 3.30. The third kappa shape index (κ3) is 3.98. The summed E-state index contributed by atoms with van der Waals surface area (Å²) in [5, 5.41) is 18.8. The molecular weight excluding hydrogens is 345 g/mol. The monoisotopic (exact) mass is 364 g/mol. The van der Waals surface area contributed by atoms with Crippen LogP contribution in [-0.2, 0) is 6.18 Å². The van der Waals surface area contributed by atoms with Crippen LogP contribution in [0.15, 0.2) is 18.2 Å². The van der Waals surface area contributed by atoms with Gasteiger partial charge in [0.15, 0.2) is 5.69 Å². The molecule has 1 aromatic heterocycles. The predicted molar refractivity (Wildman–Crippen MR) is 88.2 cm³/mol. The molecule has 1 saturated carbocycles. The summed E-state index contributed by atoms with van der Waals surface area (Å²) in [6.45, 7) is 2.46. The van der Waals surface area contributed by atoms with E-state index in [1.165, 1.54) is 12.5 Å². The van der Waals surface area contributed by atoms with Gasteiger partial charge in [0, 0.05) is 11.0 Å². The van der Waals surface area contributed by atoms with Crippen molar-refractivity contribution in [3.05, 3.63) is 29.5 Å². The van der Waals surface area contributed by atoms with Crippen LogP contribution in [0.4, 0.5) is 13.2 Å². The smallest absolute Gasteiger partial charge is 0.416 e. The Morgan fingerprint density at radius 1 is 1.19 bits per heavy atom. The number of hydrogen-bond acceptors (Lipinski definition) is 4. The van der Waals surface area contributed by atoms with Crippen LogP contribution in [0.1, 0.15) is 50.3 Å². The summed E-state index contributed by atoms with van der Waals surface area (Å²) in [5.74, 6) is 0.119. The fraction of sp³-hybridized carbons (Fsp3) is 0.500. The first-order valence-corrected chi connectivity index (χ1v) is 8.47. The van der Waals surface area contributed by atoms with E-state index in [2.05, 4.69) is 22.3 Å². The van der Waals surface area contributed by atoms with E-state index < -0.39 is 11.7 Å². The zero-order chi connectivity index (χ0) is 18.8. The molecule has 0 unspecified atom stereocenters. The Bertz CT molecular complexity index is 817. The van der Waals surface area contributed by atoms with Crippen molar-refractivity contribution in [2.45, 2.75) is 45.2 Å². The average Bonchev–Trinajstić information content (AvgIpc) is 3.08. The Hall–Kier alpha value is -2.56. The normalized spacial score (nSPS) is 16.9. The Morgan fingerprint density at radius 2 is 1.92 bits per heavy atom. The van der Waals surface area contributed by atoms with Gasteiger partial charge in [-0.1, -0.05) is 26.2 Å². The van der Waals surface area contributed by atoms with Crippen LogP contribution in [0.25, 0.3) is 11.3 Å². The Labute approximate surface area is 149 Å².